The summed E-state index contributed by atoms with van der Waals surface area (Å²) < 4.78 is 19.2. The third-order valence-electron chi connectivity index (χ3n) is 3.31. The second kappa shape index (κ2) is 5.95. The molecule has 3 nitrogen and oxygen atoms in total. The van der Waals surface area contributed by atoms with Crippen molar-refractivity contribution >= 4 is 22.3 Å². The van der Waals surface area contributed by atoms with Crippen LogP contribution in [0.2, 0.25) is 0 Å². The fourth-order valence-corrected chi connectivity index (χ4v) is 2.97. The van der Waals surface area contributed by atoms with Gasteiger partial charge in [-0.1, -0.05) is 6.92 Å². The highest BCUT2D eigenvalue weighted by molar-refractivity contribution is 7.09. The number of aryl methyl sites for hydroxylation is 1. The van der Waals surface area contributed by atoms with Gasteiger partial charge in [-0.2, -0.15) is 0 Å². The lowest BCUT2D eigenvalue weighted by molar-refractivity contribution is 0.464. The Kier molecular flexibility index (Phi) is 4.03. The Labute approximate surface area is 126 Å². The van der Waals surface area contributed by atoms with Crippen LogP contribution in [-0.2, 0) is 0 Å². The number of rotatable bonds is 5. The molecule has 3 rings (SSSR count). The molecule has 0 aliphatic heterocycles. The SMILES string of the molecule is CCCNC(c1csc(C)n1)c1cc2cc(F)ccc2o1. The highest BCUT2D eigenvalue weighted by Crippen LogP contribution is 2.29. The Morgan fingerprint density at radius 2 is 2.24 bits per heavy atom. The van der Waals surface area contributed by atoms with E-state index in [0.717, 1.165) is 34.8 Å². The predicted molar refractivity (Wildman–Crippen MR) is 83.2 cm³/mol. The molecule has 0 aliphatic carbocycles. The fourth-order valence-electron chi connectivity index (χ4n) is 2.33. The van der Waals surface area contributed by atoms with Gasteiger partial charge in [0, 0.05) is 10.8 Å². The maximum Gasteiger partial charge on any atom is 0.134 e. The maximum atomic E-state index is 13.3. The average molecular weight is 304 g/mol. The first-order valence-electron chi connectivity index (χ1n) is 7.02. The van der Waals surface area contributed by atoms with E-state index >= 15 is 0 Å². The first-order chi connectivity index (χ1) is 10.2. The zero-order valence-corrected chi connectivity index (χ0v) is 12.8. The van der Waals surface area contributed by atoms with E-state index in [9.17, 15) is 4.39 Å². The molecule has 1 N–H and O–H groups in total. The van der Waals surface area contributed by atoms with E-state index in [4.69, 9.17) is 4.42 Å². The quantitative estimate of drug-likeness (QED) is 0.758. The van der Waals surface area contributed by atoms with Gasteiger partial charge in [0.25, 0.3) is 0 Å². The highest BCUT2D eigenvalue weighted by Gasteiger charge is 2.20. The zero-order valence-electron chi connectivity index (χ0n) is 12.0. The van der Waals surface area contributed by atoms with Crippen LogP contribution in [0, 0.1) is 12.7 Å². The molecule has 0 saturated carbocycles. The van der Waals surface area contributed by atoms with Gasteiger partial charge in [-0.25, -0.2) is 9.37 Å². The van der Waals surface area contributed by atoms with Crippen molar-refractivity contribution in [3.8, 4) is 0 Å². The van der Waals surface area contributed by atoms with Crippen molar-refractivity contribution in [1.29, 1.82) is 0 Å². The van der Waals surface area contributed by atoms with E-state index in [-0.39, 0.29) is 11.9 Å². The Morgan fingerprint density at radius 3 is 2.95 bits per heavy atom. The Balaban J connectivity index is 2.00. The molecule has 5 heteroatoms. The summed E-state index contributed by atoms with van der Waals surface area (Å²) >= 11 is 1.62. The van der Waals surface area contributed by atoms with Crippen LogP contribution in [0.25, 0.3) is 11.0 Å². The van der Waals surface area contributed by atoms with Crippen molar-refractivity contribution in [2.75, 3.05) is 6.54 Å². The minimum atomic E-state index is -0.252. The number of halogens is 1. The number of nitrogens with zero attached hydrogens (tertiary/aromatic N) is 1. The molecule has 0 amide bonds. The summed E-state index contributed by atoms with van der Waals surface area (Å²) in [7, 11) is 0. The van der Waals surface area contributed by atoms with Gasteiger partial charge in [0.15, 0.2) is 0 Å². The summed E-state index contributed by atoms with van der Waals surface area (Å²) in [5.74, 6) is 0.520. The number of nitrogens with one attached hydrogen (secondary N) is 1. The van der Waals surface area contributed by atoms with Crippen molar-refractivity contribution in [3.63, 3.8) is 0 Å². The minimum absolute atomic E-state index is 0.0923. The first kappa shape index (κ1) is 14.2. The summed E-state index contributed by atoms with van der Waals surface area (Å²) in [6, 6.07) is 6.37. The molecule has 0 aliphatic rings. The van der Waals surface area contributed by atoms with E-state index in [2.05, 4.69) is 17.2 Å². The van der Waals surface area contributed by atoms with Crippen LogP contribution in [0.15, 0.2) is 34.1 Å². The molecule has 0 spiro atoms. The van der Waals surface area contributed by atoms with Gasteiger partial charge < -0.3 is 9.73 Å². The first-order valence-corrected chi connectivity index (χ1v) is 7.89. The van der Waals surface area contributed by atoms with Gasteiger partial charge in [0.1, 0.15) is 23.2 Å². The van der Waals surface area contributed by atoms with Crippen LogP contribution < -0.4 is 5.32 Å². The Morgan fingerprint density at radius 1 is 1.38 bits per heavy atom. The third-order valence-corrected chi connectivity index (χ3v) is 4.10. The molecule has 2 aromatic heterocycles. The van der Waals surface area contributed by atoms with Gasteiger partial charge in [-0.15, -0.1) is 11.3 Å². The van der Waals surface area contributed by atoms with Crippen molar-refractivity contribution in [1.82, 2.24) is 10.3 Å². The Bertz CT molecular complexity index is 750. The summed E-state index contributed by atoms with van der Waals surface area (Å²) in [5, 5.41) is 7.29. The molecule has 2 heterocycles. The summed E-state index contributed by atoms with van der Waals surface area (Å²) in [6.07, 6.45) is 1.02. The lowest BCUT2D eigenvalue weighted by atomic mass is 10.1. The molecule has 0 fully saturated rings. The molecule has 1 aromatic carbocycles. The van der Waals surface area contributed by atoms with Gasteiger partial charge in [0.2, 0.25) is 0 Å². The van der Waals surface area contributed by atoms with Gasteiger partial charge in [0.05, 0.1) is 10.7 Å². The molecule has 0 bridgehead atoms. The van der Waals surface area contributed by atoms with Gasteiger partial charge in [-0.05, 0) is 44.2 Å². The highest BCUT2D eigenvalue weighted by atomic mass is 32.1. The largest absolute Gasteiger partial charge is 0.459 e. The molecule has 21 heavy (non-hydrogen) atoms. The number of furan rings is 1. The number of aromatic nitrogens is 1. The standard InChI is InChI=1S/C16H17FN2OS/c1-3-6-18-16(13-9-21-10(2)19-13)15-8-11-7-12(17)4-5-14(11)20-15/h4-5,7-9,16,18H,3,6H2,1-2H3. The molecule has 3 aromatic rings. The van der Waals surface area contributed by atoms with Crippen molar-refractivity contribution in [3.05, 3.63) is 51.9 Å². The number of thiazole rings is 1. The maximum absolute atomic E-state index is 13.3. The van der Waals surface area contributed by atoms with E-state index < -0.39 is 0 Å². The van der Waals surface area contributed by atoms with Crippen LogP contribution in [0.4, 0.5) is 4.39 Å². The molecular formula is C16H17FN2OS. The van der Waals surface area contributed by atoms with Crippen molar-refractivity contribution in [2.24, 2.45) is 0 Å². The smallest absolute Gasteiger partial charge is 0.134 e. The molecule has 110 valence electrons. The van der Waals surface area contributed by atoms with Crippen LogP contribution in [0.1, 0.15) is 35.8 Å². The monoisotopic (exact) mass is 304 g/mol. The summed E-state index contributed by atoms with van der Waals surface area (Å²) in [4.78, 5) is 4.55. The lowest BCUT2D eigenvalue weighted by Crippen LogP contribution is -2.23. The van der Waals surface area contributed by atoms with Crippen LogP contribution in [0.3, 0.4) is 0 Å². The topological polar surface area (TPSA) is 38.1 Å². The van der Waals surface area contributed by atoms with E-state index in [1.165, 1.54) is 12.1 Å². The second-order valence-electron chi connectivity index (χ2n) is 5.01. The number of hydrogen-bond acceptors (Lipinski definition) is 4. The molecule has 1 atom stereocenters. The second-order valence-corrected chi connectivity index (χ2v) is 6.07. The Hall–Kier alpha value is -1.72. The van der Waals surface area contributed by atoms with Gasteiger partial charge >= 0.3 is 0 Å². The van der Waals surface area contributed by atoms with Crippen molar-refractivity contribution in [2.45, 2.75) is 26.3 Å². The van der Waals surface area contributed by atoms with Crippen molar-refractivity contribution < 1.29 is 8.81 Å². The molecule has 1 unspecified atom stereocenters. The van der Waals surface area contributed by atoms with Gasteiger partial charge in [-0.3, -0.25) is 0 Å². The average Bonchev–Trinajstić information content (AvgIpc) is 3.05. The van der Waals surface area contributed by atoms with E-state index in [0.29, 0.717) is 5.58 Å². The number of benzene rings is 1. The predicted octanol–water partition coefficient (Wildman–Crippen LogP) is 4.43. The van der Waals surface area contributed by atoms with Crippen LogP contribution in [-0.4, -0.2) is 11.5 Å². The summed E-state index contributed by atoms with van der Waals surface area (Å²) in [6.45, 7) is 4.97. The van der Waals surface area contributed by atoms with Crippen LogP contribution in [0.5, 0.6) is 0 Å². The summed E-state index contributed by atoms with van der Waals surface area (Å²) in [5.41, 5.74) is 1.65. The number of hydrogen-bond donors (Lipinski definition) is 1. The lowest BCUT2D eigenvalue weighted by Gasteiger charge is -2.13. The van der Waals surface area contributed by atoms with E-state index in [1.807, 2.05) is 18.4 Å². The number of fused-ring (bicyclic) bond motifs is 1. The molecule has 0 saturated heterocycles. The fraction of sp³-hybridized carbons (Fsp3) is 0.312. The third kappa shape index (κ3) is 2.99. The zero-order chi connectivity index (χ0) is 14.8. The molecule has 0 radical (unpaired) electrons. The normalized spacial score (nSPS) is 12.9. The molecular weight excluding hydrogens is 287 g/mol. The van der Waals surface area contributed by atoms with E-state index in [1.54, 1.807) is 17.4 Å². The van der Waals surface area contributed by atoms with Crippen LogP contribution >= 0.6 is 11.3 Å². The minimum Gasteiger partial charge on any atom is -0.459 e.